The molecule has 2 heterocycles. The van der Waals surface area contributed by atoms with Crippen LogP contribution in [0.15, 0.2) is 18.2 Å². The van der Waals surface area contributed by atoms with Gasteiger partial charge in [-0.3, -0.25) is 8.98 Å². The van der Waals surface area contributed by atoms with E-state index in [0.717, 1.165) is 23.8 Å². The van der Waals surface area contributed by atoms with Crippen LogP contribution in [0.5, 0.6) is 0 Å². The smallest absolute Gasteiger partial charge is 0.264 e. The molecule has 0 aliphatic carbocycles. The van der Waals surface area contributed by atoms with Crippen molar-refractivity contribution in [1.82, 2.24) is 4.90 Å². The van der Waals surface area contributed by atoms with E-state index in [1.165, 1.54) is 0 Å². The maximum Gasteiger partial charge on any atom is 0.264 e. The van der Waals surface area contributed by atoms with E-state index in [4.69, 9.17) is 13.7 Å². The molecule has 0 aromatic heterocycles. The first-order chi connectivity index (χ1) is 11.9. The number of hydrogen-bond donors (Lipinski definition) is 0. The topological polar surface area (TPSA) is 82.1 Å². The summed E-state index contributed by atoms with van der Waals surface area (Å²) < 4.78 is 38.0. The summed E-state index contributed by atoms with van der Waals surface area (Å²) in [5.74, 6) is 0.0227. The van der Waals surface area contributed by atoms with Crippen LogP contribution in [0.25, 0.3) is 0 Å². The predicted octanol–water partition coefficient (Wildman–Crippen LogP) is 1.14. The summed E-state index contributed by atoms with van der Waals surface area (Å²) in [6.07, 6.45) is 2.02. The molecule has 2 aliphatic rings. The van der Waals surface area contributed by atoms with Crippen LogP contribution < -0.4 is 0 Å². The lowest BCUT2D eigenvalue weighted by Crippen LogP contribution is -2.40. The number of ether oxygens (including phenoxy) is 2. The monoisotopic (exact) mass is 369 g/mol. The Balaban J connectivity index is 1.70. The van der Waals surface area contributed by atoms with Crippen molar-refractivity contribution in [2.45, 2.75) is 18.9 Å². The van der Waals surface area contributed by atoms with Crippen molar-refractivity contribution in [3.05, 3.63) is 34.9 Å². The van der Waals surface area contributed by atoms with Crippen molar-refractivity contribution in [3.63, 3.8) is 0 Å². The quantitative estimate of drug-likeness (QED) is 0.724. The van der Waals surface area contributed by atoms with Gasteiger partial charge in [-0.25, -0.2) is 0 Å². The molecule has 7 nitrogen and oxygen atoms in total. The second kappa shape index (κ2) is 7.82. The summed E-state index contributed by atoms with van der Waals surface area (Å²) in [6.45, 7) is 3.01. The molecule has 1 unspecified atom stereocenters. The number of fused-ring (bicyclic) bond motifs is 1. The molecular formula is C17H23NO6S. The maximum absolute atomic E-state index is 12.6. The van der Waals surface area contributed by atoms with Crippen molar-refractivity contribution in [2.24, 2.45) is 0 Å². The Labute approximate surface area is 148 Å². The molecule has 1 amide bonds. The van der Waals surface area contributed by atoms with Gasteiger partial charge in [-0.2, -0.15) is 8.42 Å². The highest BCUT2D eigenvalue weighted by Gasteiger charge is 2.24. The summed E-state index contributed by atoms with van der Waals surface area (Å²) in [5.41, 5.74) is 2.75. The van der Waals surface area contributed by atoms with Crippen LogP contribution in [0, 0.1) is 0 Å². The molecule has 2 aliphatic heterocycles. The van der Waals surface area contributed by atoms with Crippen LogP contribution in [-0.4, -0.2) is 65.0 Å². The first-order valence-corrected chi connectivity index (χ1v) is 10.2. The molecule has 0 bridgehead atoms. The van der Waals surface area contributed by atoms with Crippen LogP contribution >= 0.6 is 0 Å². The predicted molar refractivity (Wildman–Crippen MR) is 91.0 cm³/mol. The van der Waals surface area contributed by atoms with Crippen LogP contribution in [0.1, 0.15) is 34.0 Å². The Morgan fingerprint density at radius 1 is 1.28 bits per heavy atom. The van der Waals surface area contributed by atoms with Gasteiger partial charge in [-0.05, 0) is 29.7 Å². The van der Waals surface area contributed by atoms with E-state index in [2.05, 4.69) is 0 Å². The van der Waals surface area contributed by atoms with Gasteiger partial charge in [0.15, 0.2) is 0 Å². The number of nitrogens with zero attached hydrogens (tertiary/aromatic N) is 1. The second-order valence-electron chi connectivity index (χ2n) is 6.24. The number of carbonyl (C=O) groups excluding carboxylic acids is 1. The molecule has 1 atom stereocenters. The normalized spacial score (nSPS) is 21.0. The largest absolute Gasteiger partial charge is 0.378 e. The molecular weight excluding hydrogens is 346 g/mol. The number of morpholine rings is 1. The molecule has 25 heavy (non-hydrogen) atoms. The fourth-order valence-electron chi connectivity index (χ4n) is 3.16. The number of benzene rings is 1. The van der Waals surface area contributed by atoms with E-state index in [1.54, 1.807) is 0 Å². The minimum atomic E-state index is -3.45. The average molecular weight is 369 g/mol. The Kier molecular flexibility index (Phi) is 5.73. The average Bonchev–Trinajstić information content (AvgIpc) is 2.60. The maximum atomic E-state index is 12.6. The molecule has 0 radical (unpaired) electrons. The Hall–Kier alpha value is -1.48. The SMILES string of the molecule is CS(=O)(=O)OCCC1OCCc2cc(C(=O)N3CCOCC3)ccc21. The second-order valence-corrected chi connectivity index (χ2v) is 7.89. The van der Waals surface area contributed by atoms with Gasteiger partial charge >= 0.3 is 0 Å². The van der Waals surface area contributed by atoms with Gasteiger partial charge in [-0.1, -0.05) is 6.07 Å². The lowest BCUT2D eigenvalue weighted by molar-refractivity contribution is 0.0274. The van der Waals surface area contributed by atoms with Gasteiger partial charge in [0.2, 0.25) is 0 Å². The third kappa shape index (κ3) is 4.78. The van der Waals surface area contributed by atoms with E-state index in [9.17, 15) is 13.2 Å². The molecule has 0 spiro atoms. The summed E-state index contributed by atoms with van der Waals surface area (Å²) in [6, 6.07) is 5.66. The van der Waals surface area contributed by atoms with Crippen LogP contribution in [0.4, 0.5) is 0 Å². The van der Waals surface area contributed by atoms with Crippen molar-refractivity contribution in [1.29, 1.82) is 0 Å². The zero-order valence-electron chi connectivity index (χ0n) is 14.3. The minimum Gasteiger partial charge on any atom is -0.378 e. The fraction of sp³-hybridized carbons (Fsp3) is 0.588. The van der Waals surface area contributed by atoms with E-state index in [1.807, 2.05) is 23.1 Å². The highest BCUT2D eigenvalue weighted by atomic mass is 32.2. The standard InChI is InChI=1S/C17H23NO6S/c1-25(20,21)24-9-5-16-15-3-2-14(12-13(15)4-8-23-16)17(19)18-6-10-22-11-7-18/h2-3,12,16H,4-11H2,1H3. The van der Waals surface area contributed by atoms with E-state index in [0.29, 0.717) is 44.9 Å². The zero-order valence-corrected chi connectivity index (χ0v) is 15.1. The van der Waals surface area contributed by atoms with Crippen LogP contribution in [0.2, 0.25) is 0 Å². The molecule has 1 saturated heterocycles. The third-order valence-corrected chi connectivity index (χ3v) is 5.00. The van der Waals surface area contributed by atoms with E-state index in [-0.39, 0.29) is 18.6 Å². The summed E-state index contributed by atoms with van der Waals surface area (Å²) in [7, 11) is -3.45. The van der Waals surface area contributed by atoms with Crippen molar-refractivity contribution < 1.29 is 26.9 Å². The van der Waals surface area contributed by atoms with E-state index >= 15 is 0 Å². The molecule has 1 aromatic rings. The van der Waals surface area contributed by atoms with Gasteiger partial charge in [0.1, 0.15) is 0 Å². The Bertz CT molecular complexity index is 727. The van der Waals surface area contributed by atoms with Gasteiger partial charge in [-0.15, -0.1) is 0 Å². The number of hydrogen-bond acceptors (Lipinski definition) is 6. The van der Waals surface area contributed by atoms with Gasteiger partial charge in [0.05, 0.1) is 38.8 Å². The number of rotatable bonds is 5. The molecule has 138 valence electrons. The number of carbonyl (C=O) groups is 1. The zero-order chi connectivity index (χ0) is 17.9. The van der Waals surface area contributed by atoms with Gasteiger partial charge in [0.25, 0.3) is 16.0 Å². The van der Waals surface area contributed by atoms with Crippen molar-refractivity contribution in [2.75, 3.05) is 45.8 Å². The van der Waals surface area contributed by atoms with Crippen LogP contribution in [0.3, 0.4) is 0 Å². The first kappa shape index (κ1) is 18.3. The summed E-state index contributed by atoms with van der Waals surface area (Å²) >= 11 is 0. The number of amides is 1. The first-order valence-electron chi connectivity index (χ1n) is 8.40. The van der Waals surface area contributed by atoms with Crippen LogP contribution in [-0.2, 0) is 30.2 Å². The molecule has 8 heteroatoms. The fourth-order valence-corrected chi connectivity index (χ4v) is 3.56. The molecule has 1 aromatic carbocycles. The highest BCUT2D eigenvalue weighted by molar-refractivity contribution is 7.85. The third-order valence-electron chi connectivity index (χ3n) is 4.40. The highest BCUT2D eigenvalue weighted by Crippen LogP contribution is 2.30. The van der Waals surface area contributed by atoms with Crippen molar-refractivity contribution in [3.8, 4) is 0 Å². The van der Waals surface area contributed by atoms with Gasteiger partial charge in [0, 0.05) is 25.1 Å². The van der Waals surface area contributed by atoms with E-state index < -0.39 is 10.1 Å². The van der Waals surface area contributed by atoms with Crippen molar-refractivity contribution >= 4 is 16.0 Å². The lowest BCUT2D eigenvalue weighted by atomic mass is 9.93. The Morgan fingerprint density at radius 3 is 2.76 bits per heavy atom. The minimum absolute atomic E-state index is 0.0227. The Morgan fingerprint density at radius 2 is 2.04 bits per heavy atom. The summed E-state index contributed by atoms with van der Waals surface area (Å²) in [4.78, 5) is 14.4. The molecule has 0 saturated carbocycles. The molecule has 3 rings (SSSR count). The molecule has 1 fully saturated rings. The lowest BCUT2D eigenvalue weighted by Gasteiger charge is -2.29. The summed E-state index contributed by atoms with van der Waals surface area (Å²) in [5, 5.41) is 0. The molecule has 0 N–H and O–H groups in total. The van der Waals surface area contributed by atoms with Gasteiger partial charge < -0.3 is 14.4 Å².